The van der Waals surface area contributed by atoms with Crippen molar-refractivity contribution >= 4 is 0 Å². The van der Waals surface area contributed by atoms with E-state index in [1.807, 2.05) is 0 Å². The minimum Gasteiger partial charge on any atom is -0.300 e. The van der Waals surface area contributed by atoms with Gasteiger partial charge in [0.15, 0.2) is 0 Å². The van der Waals surface area contributed by atoms with Gasteiger partial charge in [-0.15, -0.1) is 0 Å². The van der Waals surface area contributed by atoms with Gasteiger partial charge >= 0.3 is 0 Å². The number of rotatable bonds is 1. The molecule has 2 saturated heterocycles. The predicted octanol–water partition coefficient (Wildman–Crippen LogP) is 2.52. The van der Waals surface area contributed by atoms with Crippen LogP contribution in [0.2, 0.25) is 0 Å². The third-order valence-corrected chi connectivity index (χ3v) is 4.08. The van der Waals surface area contributed by atoms with E-state index in [9.17, 15) is 0 Å². The quantitative estimate of drug-likeness (QED) is 0.580. The maximum absolute atomic E-state index is 2.65. The number of hydrogen-bond donors (Lipinski definition) is 0. The lowest BCUT2D eigenvalue weighted by molar-refractivity contribution is 0.0935. The van der Waals surface area contributed by atoms with Crippen molar-refractivity contribution in [3.8, 4) is 0 Å². The van der Waals surface area contributed by atoms with Gasteiger partial charge in [-0.1, -0.05) is 13.8 Å². The summed E-state index contributed by atoms with van der Waals surface area (Å²) in [5.74, 6) is 1.87. The predicted molar refractivity (Wildman–Crippen MR) is 52.1 cm³/mol. The first-order valence-corrected chi connectivity index (χ1v) is 5.42. The highest BCUT2D eigenvalue weighted by atomic mass is 15.2. The smallest absolute Gasteiger partial charge is 0.0126 e. The molecule has 0 amide bonds. The molecule has 0 spiro atoms. The Morgan fingerprint density at radius 2 is 1.75 bits per heavy atom. The van der Waals surface area contributed by atoms with Gasteiger partial charge in [0.05, 0.1) is 0 Å². The monoisotopic (exact) mass is 167 g/mol. The molecule has 1 heteroatoms. The summed E-state index contributed by atoms with van der Waals surface area (Å²) in [5.41, 5.74) is 0. The van der Waals surface area contributed by atoms with Crippen LogP contribution in [0.5, 0.6) is 0 Å². The zero-order chi connectivity index (χ0) is 8.72. The van der Waals surface area contributed by atoms with Crippen molar-refractivity contribution in [3.05, 3.63) is 0 Å². The van der Waals surface area contributed by atoms with Crippen LogP contribution in [-0.4, -0.2) is 24.0 Å². The third-order valence-electron chi connectivity index (χ3n) is 4.08. The molecule has 0 radical (unpaired) electrons. The van der Waals surface area contributed by atoms with Crippen LogP contribution in [0.25, 0.3) is 0 Å². The maximum atomic E-state index is 2.65. The summed E-state index contributed by atoms with van der Waals surface area (Å²) in [6, 6.07) is 1.86. The lowest BCUT2D eigenvalue weighted by atomic mass is 9.82. The highest BCUT2D eigenvalue weighted by Gasteiger charge is 2.40. The first-order chi connectivity index (χ1) is 5.70. The topological polar surface area (TPSA) is 3.24 Å². The number of fused-ring (bicyclic) bond motifs is 2. The summed E-state index contributed by atoms with van der Waals surface area (Å²) >= 11 is 0. The zero-order valence-corrected chi connectivity index (χ0v) is 8.59. The molecule has 70 valence electrons. The van der Waals surface area contributed by atoms with Gasteiger partial charge in [-0.2, -0.15) is 0 Å². The molecule has 2 aliphatic rings. The van der Waals surface area contributed by atoms with Gasteiger partial charge in [-0.3, -0.25) is 0 Å². The Bertz CT molecular complexity index is 164. The molecule has 0 aromatic heterocycles. The fraction of sp³-hybridized carbons (Fsp3) is 1.00. The molecule has 0 saturated carbocycles. The van der Waals surface area contributed by atoms with Crippen LogP contribution in [0.4, 0.5) is 0 Å². The van der Waals surface area contributed by atoms with Crippen molar-refractivity contribution in [1.29, 1.82) is 0 Å². The van der Waals surface area contributed by atoms with Crippen LogP contribution < -0.4 is 0 Å². The van der Waals surface area contributed by atoms with E-state index in [-0.39, 0.29) is 0 Å². The molecular weight excluding hydrogens is 146 g/mol. The second-order valence-electron chi connectivity index (χ2n) is 4.95. The van der Waals surface area contributed by atoms with Crippen molar-refractivity contribution < 1.29 is 0 Å². The average molecular weight is 167 g/mol. The minimum atomic E-state index is 0.886. The molecule has 2 aliphatic heterocycles. The molecule has 3 unspecified atom stereocenters. The Balaban J connectivity index is 2.09. The van der Waals surface area contributed by atoms with E-state index in [2.05, 4.69) is 25.8 Å². The Kier molecular flexibility index (Phi) is 2.16. The first kappa shape index (κ1) is 8.55. The van der Waals surface area contributed by atoms with Crippen molar-refractivity contribution in [3.63, 3.8) is 0 Å². The molecule has 0 aromatic rings. The van der Waals surface area contributed by atoms with E-state index < -0.39 is 0 Å². The van der Waals surface area contributed by atoms with Crippen LogP contribution in [0.3, 0.4) is 0 Å². The molecule has 1 nitrogen and oxygen atoms in total. The highest BCUT2D eigenvalue weighted by molar-refractivity contribution is 4.95. The largest absolute Gasteiger partial charge is 0.300 e. The van der Waals surface area contributed by atoms with Crippen LogP contribution in [-0.2, 0) is 0 Å². The van der Waals surface area contributed by atoms with E-state index in [1.54, 1.807) is 0 Å². The lowest BCUT2D eigenvalue weighted by Gasteiger charge is -2.39. The average Bonchev–Trinajstić information content (AvgIpc) is 2.32. The van der Waals surface area contributed by atoms with Gasteiger partial charge in [0.2, 0.25) is 0 Å². The van der Waals surface area contributed by atoms with E-state index in [0.717, 1.165) is 23.9 Å². The van der Waals surface area contributed by atoms with Gasteiger partial charge in [0.25, 0.3) is 0 Å². The van der Waals surface area contributed by atoms with E-state index in [0.29, 0.717) is 0 Å². The Labute approximate surface area is 76.1 Å². The highest BCUT2D eigenvalue weighted by Crippen LogP contribution is 2.40. The fourth-order valence-corrected chi connectivity index (χ4v) is 3.26. The maximum Gasteiger partial charge on any atom is 0.0126 e. The van der Waals surface area contributed by atoms with Crippen molar-refractivity contribution in [2.24, 2.45) is 11.8 Å². The molecule has 2 rings (SSSR count). The summed E-state index contributed by atoms with van der Waals surface area (Å²) in [6.45, 7) is 4.77. The normalized spacial score (nSPS) is 42.5. The molecule has 0 N–H and O–H groups in total. The molecule has 0 aliphatic carbocycles. The lowest BCUT2D eigenvalue weighted by Crippen LogP contribution is -2.43. The van der Waals surface area contributed by atoms with Crippen LogP contribution in [0, 0.1) is 11.8 Å². The van der Waals surface area contributed by atoms with Crippen LogP contribution in [0.1, 0.15) is 39.5 Å². The molecule has 12 heavy (non-hydrogen) atoms. The molecule has 2 fully saturated rings. The fourth-order valence-electron chi connectivity index (χ4n) is 3.26. The van der Waals surface area contributed by atoms with Crippen molar-refractivity contribution in [1.82, 2.24) is 4.90 Å². The van der Waals surface area contributed by atoms with E-state index in [1.165, 1.54) is 25.7 Å². The van der Waals surface area contributed by atoms with Crippen LogP contribution in [0.15, 0.2) is 0 Å². The Hall–Kier alpha value is -0.0400. The van der Waals surface area contributed by atoms with Gasteiger partial charge in [0.1, 0.15) is 0 Å². The zero-order valence-electron chi connectivity index (χ0n) is 8.59. The second-order valence-corrected chi connectivity index (χ2v) is 4.95. The van der Waals surface area contributed by atoms with E-state index >= 15 is 0 Å². The molecule has 2 bridgehead atoms. The van der Waals surface area contributed by atoms with E-state index in [4.69, 9.17) is 0 Å². The van der Waals surface area contributed by atoms with Gasteiger partial charge < -0.3 is 4.90 Å². The third kappa shape index (κ3) is 1.19. The standard InChI is InChI=1S/C11H21N/c1-8(2)10-6-4-9-5-7-11(10)12(9)3/h8-11H,4-7H2,1-3H3. The first-order valence-electron chi connectivity index (χ1n) is 5.42. The Morgan fingerprint density at radius 3 is 2.42 bits per heavy atom. The van der Waals surface area contributed by atoms with Gasteiger partial charge in [-0.25, -0.2) is 0 Å². The SMILES string of the molecule is CC(C)C1CCC2CCC1N2C. The molecule has 3 atom stereocenters. The second kappa shape index (κ2) is 3.02. The van der Waals surface area contributed by atoms with Gasteiger partial charge in [-0.05, 0) is 44.6 Å². The van der Waals surface area contributed by atoms with Crippen LogP contribution >= 0.6 is 0 Å². The summed E-state index contributed by atoms with van der Waals surface area (Å²) in [6.07, 6.45) is 5.86. The summed E-state index contributed by atoms with van der Waals surface area (Å²) in [4.78, 5) is 2.65. The molecular formula is C11H21N. The molecule has 0 aromatic carbocycles. The minimum absolute atomic E-state index is 0.886. The van der Waals surface area contributed by atoms with Crippen molar-refractivity contribution in [2.45, 2.75) is 51.6 Å². The Morgan fingerprint density at radius 1 is 1.08 bits per heavy atom. The molecule has 2 heterocycles. The number of piperidine rings is 1. The number of nitrogens with zero attached hydrogens (tertiary/aromatic N) is 1. The van der Waals surface area contributed by atoms with Gasteiger partial charge in [0, 0.05) is 12.1 Å². The number of hydrogen-bond acceptors (Lipinski definition) is 1. The summed E-state index contributed by atoms with van der Waals surface area (Å²) in [7, 11) is 2.33. The van der Waals surface area contributed by atoms with Crippen molar-refractivity contribution in [2.75, 3.05) is 7.05 Å². The summed E-state index contributed by atoms with van der Waals surface area (Å²) < 4.78 is 0. The summed E-state index contributed by atoms with van der Waals surface area (Å²) in [5, 5.41) is 0.